The van der Waals surface area contributed by atoms with Crippen LogP contribution in [0.5, 0.6) is 17.2 Å². The van der Waals surface area contributed by atoms with Crippen LogP contribution in [0.4, 0.5) is 0 Å². The summed E-state index contributed by atoms with van der Waals surface area (Å²) >= 11 is 11.1. The zero-order valence-electron chi connectivity index (χ0n) is 24.8. The van der Waals surface area contributed by atoms with E-state index in [1.165, 1.54) is 11.3 Å². The fourth-order valence-electron chi connectivity index (χ4n) is 4.89. The Labute approximate surface area is 277 Å². The Hall–Kier alpha value is -4.12. The van der Waals surface area contributed by atoms with E-state index in [1.807, 2.05) is 36.4 Å². The number of hydrogen-bond donors (Lipinski definition) is 0. The van der Waals surface area contributed by atoms with Gasteiger partial charge in [-0.05, 0) is 77.3 Å². The number of methoxy groups -OCH3 is 1. The highest BCUT2D eigenvalue weighted by Crippen LogP contribution is 2.38. The number of ether oxygens (including phenoxy) is 4. The number of thiazole rings is 1. The molecule has 0 bridgehead atoms. The van der Waals surface area contributed by atoms with Crippen molar-refractivity contribution in [1.29, 1.82) is 0 Å². The number of esters is 1. The lowest BCUT2D eigenvalue weighted by Gasteiger charge is -2.24. The molecule has 0 unspecified atom stereocenters. The minimum atomic E-state index is -0.738. The van der Waals surface area contributed by atoms with Gasteiger partial charge in [-0.2, -0.15) is 0 Å². The van der Waals surface area contributed by atoms with Gasteiger partial charge in [-0.25, -0.2) is 9.79 Å². The van der Waals surface area contributed by atoms with Crippen LogP contribution in [0.2, 0.25) is 5.02 Å². The van der Waals surface area contributed by atoms with E-state index in [0.717, 1.165) is 11.1 Å². The number of carbonyl (C=O) groups is 1. The number of halogens is 2. The summed E-state index contributed by atoms with van der Waals surface area (Å²) in [5.74, 6) is 1.10. The van der Waals surface area contributed by atoms with E-state index in [-0.39, 0.29) is 18.8 Å². The summed E-state index contributed by atoms with van der Waals surface area (Å²) in [6, 6.07) is 17.6. The molecule has 0 fully saturated rings. The smallest absolute Gasteiger partial charge is 0.338 e. The number of allylic oxidation sites excluding steroid dienone is 1. The summed E-state index contributed by atoms with van der Waals surface area (Å²) in [7, 11) is 1.55. The van der Waals surface area contributed by atoms with E-state index in [4.69, 9.17) is 30.5 Å². The van der Waals surface area contributed by atoms with Gasteiger partial charge in [0, 0.05) is 10.6 Å². The first-order chi connectivity index (χ1) is 21.7. The maximum atomic E-state index is 14.0. The first-order valence-electron chi connectivity index (χ1n) is 14.0. The topological polar surface area (TPSA) is 88.4 Å². The van der Waals surface area contributed by atoms with Crippen molar-refractivity contribution in [2.24, 2.45) is 4.99 Å². The second kappa shape index (κ2) is 14.3. The Bertz CT molecular complexity index is 1970. The first-order valence-corrected chi connectivity index (χ1v) is 16.0. The number of nitrogens with zero attached hydrogens (tertiary/aromatic N) is 2. The number of carbonyl (C=O) groups excluding carboxylic acids is 1. The van der Waals surface area contributed by atoms with Crippen LogP contribution in [0.25, 0.3) is 6.08 Å². The van der Waals surface area contributed by atoms with Crippen molar-refractivity contribution < 1.29 is 23.7 Å². The van der Waals surface area contributed by atoms with Gasteiger partial charge in [-0.1, -0.05) is 65.9 Å². The number of fused-ring (bicyclic) bond motifs is 1. The van der Waals surface area contributed by atoms with Gasteiger partial charge in [0.25, 0.3) is 5.56 Å². The number of aromatic nitrogens is 1. The summed E-state index contributed by atoms with van der Waals surface area (Å²) in [4.78, 5) is 32.3. The number of benzene rings is 3. The zero-order chi connectivity index (χ0) is 32.1. The van der Waals surface area contributed by atoms with E-state index in [1.54, 1.807) is 61.9 Å². The summed E-state index contributed by atoms with van der Waals surface area (Å²) in [5, 5.41) is 0.608. The molecule has 1 atom stereocenters. The maximum Gasteiger partial charge on any atom is 0.338 e. The monoisotopic (exact) mass is 708 g/mol. The van der Waals surface area contributed by atoms with Gasteiger partial charge in [0.05, 0.1) is 40.0 Å². The normalized spacial score (nSPS) is 14.4. The van der Waals surface area contributed by atoms with Crippen molar-refractivity contribution in [2.45, 2.75) is 26.5 Å². The summed E-state index contributed by atoms with van der Waals surface area (Å²) in [6.45, 7) is 7.96. The SMILES string of the molecule is C=CCOc1ccc([C@@H]2C(C(=O)OCC)=C(C)N=c3s/c(=C\c4cc(Br)c(OCc5ccccc5Cl)c(OC)c4)c(=O)n32)cc1. The third-order valence-corrected chi connectivity index (χ3v) is 8.90. The molecule has 0 saturated heterocycles. The van der Waals surface area contributed by atoms with Crippen LogP contribution in [0.1, 0.15) is 36.6 Å². The molecule has 0 radical (unpaired) electrons. The molecule has 0 saturated carbocycles. The second-order valence-electron chi connectivity index (χ2n) is 9.89. The summed E-state index contributed by atoms with van der Waals surface area (Å²) in [6.07, 6.45) is 3.42. The van der Waals surface area contributed by atoms with Crippen LogP contribution in [-0.2, 0) is 16.1 Å². The van der Waals surface area contributed by atoms with Crippen LogP contribution in [0.15, 0.2) is 98.8 Å². The average Bonchev–Trinajstić information content (AvgIpc) is 3.33. The fraction of sp³-hybridized carbons (Fsp3) is 0.206. The molecular formula is C34H30BrClN2O6S. The highest BCUT2D eigenvalue weighted by Gasteiger charge is 2.33. The molecule has 0 aliphatic carbocycles. The van der Waals surface area contributed by atoms with Crippen molar-refractivity contribution in [3.63, 3.8) is 0 Å². The van der Waals surface area contributed by atoms with E-state index in [9.17, 15) is 9.59 Å². The van der Waals surface area contributed by atoms with Crippen molar-refractivity contribution in [3.05, 3.63) is 130 Å². The zero-order valence-corrected chi connectivity index (χ0v) is 28.0. The van der Waals surface area contributed by atoms with Gasteiger partial charge >= 0.3 is 5.97 Å². The van der Waals surface area contributed by atoms with Crippen LogP contribution in [-0.4, -0.2) is 30.9 Å². The second-order valence-corrected chi connectivity index (χ2v) is 12.2. The molecule has 11 heteroatoms. The molecule has 0 amide bonds. The minimum absolute atomic E-state index is 0.190. The molecule has 232 valence electrons. The highest BCUT2D eigenvalue weighted by atomic mass is 79.9. The molecule has 0 N–H and O–H groups in total. The largest absolute Gasteiger partial charge is 0.493 e. The van der Waals surface area contributed by atoms with Crippen molar-refractivity contribution in [3.8, 4) is 17.2 Å². The first kappa shape index (κ1) is 32.3. The molecule has 5 rings (SSSR count). The molecule has 1 aliphatic rings. The van der Waals surface area contributed by atoms with E-state index in [2.05, 4.69) is 27.5 Å². The molecule has 4 aromatic rings. The predicted molar refractivity (Wildman–Crippen MR) is 179 cm³/mol. The Morgan fingerprint density at radius 1 is 1.16 bits per heavy atom. The number of hydrogen-bond acceptors (Lipinski definition) is 8. The summed E-state index contributed by atoms with van der Waals surface area (Å²) < 4.78 is 25.4. The predicted octanol–water partition coefficient (Wildman–Crippen LogP) is 6.37. The lowest BCUT2D eigenvalue weighted by molar-refractivity contribution is -0.139. The van der Waals surface area contributed by atoms with Crippen LogP contribution < -0.4 is 29.1 Å². The van der Waals surface area contributed by atoms with Crippen molar-refractivity contribution >= 4 is 50.9 Å². The third-order valence-electron chi connectivity index (χ3n) is 6.96. The van der Waals surface area contributed by atoms with Crippen molar-refractivity contribution in [2.75, 3.05) is 20.3 Å². The molecule has 2 heterocycles. The molecular weight excluding hydrogens is 680 g/mol. The molecule has 8 nitrogen and oxygen atoms in total. The Balaban J connectivity index is 1.56. The third kappa shape index (κ3) is 6.93. The molecule has 3 aromatic carbocycles. The molecule has 1 aliphatic heterocycles. The van der Waals surface area contributed by atoms with Gasteiger partial charge in [0.1, 0.15) is 19.0 Å². The highest BCUT2D eigenvalue weighted by molar-refractivity contribution is 9.10. The Kier molecular flexibility index (Phi) is 10.3. The minimum Gasteiger partial charge on any atom is -0.493 e. The Morgan fingerprint density at radius 2 is 1.91 bits per heavy atom. The molecule has 1 aromatic heterocycles. The molecule has 0 spiro atoms. The van der Waals surface area contributed by atoms with E-state index >= 15 is 0 Å². The summed E-state index contributed by atoms with van der Waals surface area (Å²) in [5.41, 5.74) is 2.76. The maximum absolute atomic E-state index is 14.0. The quantitative estimate of drug-likeness (QED) is 0.133. The standard InChI is InChI=1S/C34H30BrClN2O6S/c1-5-15-43-24-13-11-22(12-14-24)30-29(33(40)42-6-2)20(3)37-34-38(30)32(39)28(45-34)18-21-16-25(35)31(27(17-21)41-4)44-19-23-9-7-8-10-26(23)36/h5,7-14,16-18,30H,1,6,15,19H2,2-4H3/b28-18-/t30-/m1/s1. The lowest BCUT2D eigenvalue weighted by Crippen LogP contribution is -2.39. The van der Waals surface area contributed by atoms with Gasteiger partial charge in [-0.15, -0.1) is 0 Å². The van der Waals surface area contributed by atoms with Gasteiger partial charge < -0.3 is 18.9 Å². The van der Waals surface area contributed by atoms with E-state index in [0.29, 0.717) is 59.5 Å². The van der Waals surface area contributed by atoms with Gasteiger partial charge in [0.2, 0.25) is 0 Å². The average molecular weight is 710 g/mol. The van der Waals surface area contributed by atoms with E-state index < -0.39 is 12.0 Å². The van der Waals surface area contributed by atoms with Crippen LogP contribution in [0.3, 0.4) is 0 Å². The van der Waals surface area contributed by atoms with Gasteiger partial charge in [0.15, 0.2) is 16.3 Å². The number of rotatable bonds is 11. The molecule has 45 heavy (non-hydrogen) atoms. The fourth-order valence-corrected chi connectivity index (χ4v) is 6.70. The van der Waals surface area contributed by atoms with Crippen LogP contribution in [0, 0.1) is 0 Å². The van der Waals surface area contributed by atoms with Crippen LogP contribution >= 0.6 is 38.9 Å². The lowest BCUT2D eigenvalue weighted by atomic mass is 9.96. The van der Waals surface area contributed by atoms with Gasteiger partial charge in [-0.3, -0.25) is 9.36 Å². The van der Waals surface area contributed by atoms with Crippen molar-refractivity contribution in [1.82, 2.24) is 4.57 Å². The Morgan fingerprint density at radius 3 is 2.60 bits per heavy atom.